The first-order valence-electron chi connectivity index (χ1n) is 6.63. The van der Waals surface area contributed by atoms with Gasteiger partial charge in [0.1, 0.15) is 5.76 Å². The first kappa shape index (κ1) is 14.9. The first-order chi connectivity index (χ1) is 9.59. The van der Waals surface area contributed by atoms with Crippen molar-refractivity contribution in [3.8, 4) is 0 Å². The SMILES string of the molecule is CC1=C(C(=O)NCC(O)c2ccccc2Cl)CCCO1. The Kier molecular flexibility index (Phi) is 5.04. The number of ether oxygens (including phenoxy) is 1. The Labute approximate surface area is 123 Å². The zero-order chi connectivity index (χ0) is 14.5. The number of rotatable bonds is 4. The van der Waals surface area contributed by atoms with E-state index < -0.39 is 6.10 Å². The second kappa shape index (κ2) is 6.77. The first-order valence-corrected chi connectivity index (χ1v) is 7.00. The zero-order valence-corrected chi connectivity index (χ0v) is 12.1. The lowest BCUT2D eigenvalue weighted by Gasteiger charge is -2.19. The van der Waals surface area contributed by atoms with Crippen LogP contribution in [0.1, 0.15) is 31.4 Å². The van der Waals surface area contributed by atoms with E-state index in [1.54, 1.807) is 31.2 Å². The summed E-state index contributed by atoms with van der Waals surface area (Å²) in [5, 5.41) is 13.3. The number of amides is 1. The molecule has 1 aliphatic rings. The van der Waals surface area contributed by atoms with E-state index in [1.165, 1.54) is 0 Å². The Morgan fingerprint density at radius 3 is 2.95 bits per heavy atom. The largest absolute Gasteiger partial charge is 0.498 e. The van der Waals surface area contributed by atoms with Crippen molar-refractivity contribution in [3.63, 3.8) is 0 Å². The molecular formula is C15H18ClNO3. The van der Waals surface area contributed by atoms with Crippen LogP contribution in [0.2, 0.25) is 5.02 Å². The van der Waals surface area contributed by atoms with Gasteiger partial charge in [-0.1, -0.05) is 29.8 Å². The van der Waals surface area contributed by atoms with Crippen molar-refractivity contribution in [3.05, 3.63) is 46.2 Å². The molecule has 1 aromatic rings. The summed E-state index contributed by atoms with van der Waals surface area (Å²) in [5.74, 6) is 0.481. The summed E-state index contributed by atoms with van der Waals surface area (Å²) < 4.78 is 5.36. The van der Waals surface area contributed by atoms with E-state index in [2.05, 4.69) is 5.32 Å². The molecule has 0 saturated carbocycles. The van der Waals surface area contributed by atoms with Crippen LogP contribution in [-0.2, 0) is 9.53 Å². The number of nitrogens with one attached hydrogen (secondary N) is 1. The number of hydrogen-bond donors (Lipinski definition) is 2. The van der Waals surface area contributed by atoms with Gasteiger partial charge in [-0.25, -0.2) is 0 Å². The van der Waals surface area contributed by atoms with E-state index >= 15 is 0 Å². The second-order valence-electron chi connectivity index (χ2n) is 4.73. The molecule has 0 fully saturated rings. The fraction of sp³-hybridized carbons (Fsp3) is 0.400. The van der Waals surface area contributed by atoms with Crippen molar-refractivity contribution in [1.29, 1.82) is 0 Å². The molecule has 1 amide bonds. The number of carbonyl (C=O) groups excluding carboxylic acids is 1. The summed E-state index contributed by atoms with van der Waals surface area (Å²) in [5.41, 5.74) is 1.27. The van der Waals surface area contributed by atoms with Gasteiger partial charge in [0.05, 0.1) is 18.3 Å². The van der Waals surface area contributed by atoms with E-state index in [4.69, 9.17) is 16.3 Å². The van der Waals surface area contributed by atoms with Crippen molar-refractivity contribution in [1.82, 2.24) is 5.32 Å². The average Bonchev–Trinajstić information content (AvgIpc) is 2.45. The maximum atomic E-state index is 12.0. The molecule has 0 spiro atoms. The average molecular weight is 296 g/mol. The lowest BCUT2D eigenvalue weighted by Crippen LogP contribution is -2.31. The second-order valence-corrected chi connectivity index (χ2v) is 5.14. The number of aliphatic hydroxyl groups is 1. The van der Waals surface area contributed by atoms with Crippen molar-refractivity contribution in [2.75, 3.05) is 13.2 Å². The van der Waals surface area contributed by atoms with Crippen LogP contribution in [0.5, 0.6) is 0 Å². The lowest BCUT2D eigenvalue weighted by molar-refractivity contribution is -0.118. The minimum Gasteiger partial charge on any atom is -0.498 e. The van der Waals surface area contributed by atoms with Gasteiger partial charge in [-0.15, -0.1) is 0 Å². The Hall–Kier alpha value is -1.52. The molecule has 1 aliphatic heterocycles. The molecule has 4 nitrogen and oxygen atoms in total. The Balaban J connectivity index is 1.95. The summed E-state index contributed by atoms with van der Waals surface area (Å²) in [6.07, 6.45) is 0.727. The molecule has 1 atom stereocenters. The van der Waals surface area contributed by atoms with Crippen LogP contribution in [0, 0.1) is 0 Å². The molecule has 1 aromatic carbocycles. The molecule has 0 radical (unpaired) electrons. The zero-order valence-electron chi connectivity index (χ0n) is 11.4. The van der Waals surface area contributed by atoms with Crippen molar-refractivity contribution < 1.29 is 14.6 Å². The van der Waals surface area contributed by atoms with Crippen LogP contribution >= 0.6 is 11.6 Å². The fourth-order valence-electron chi connectivity index (χ4n) is 2.16. The maximum Gasteiger partial charge on any atom is 0.250 e. The monoisotopic (exact) mass is 295 g/mol. The number of hydrogen-bond acceptors (Lipinski definition) is 3. The third kappa shape index (κ3) is 3.52. The predicted molar refractivity (Wildman–Crippen MR) is 77.3 cm³/mol. The number of allylic oxidation sites excluding steroid dienone is 1. The molecule has 108 valence electrons. The van der Waals surface area contributed by atoms with Gasteiger partial charge in [-0.05, 0) is 25.8 Å². The van der Waals surface area contributed by atoms with Crippen LogP contribution in [0.4, 0.5) is 0 Å². The van der Waals surface area contributed by atoms with Crippen molar-refractivity contribution >= 4 is 17.5 Å². The summed E-state index contributed by atoms with van der Waals surface area (Å²) in [6, 6.07) is 7.05. The molecule has 1 unspecified atom stereocenters. The van der Waals surface area contributed by atoms with Gasteiger partial charge in [-0.2, -0.15) is 0 Å². The highest BCUT2D eigenvalue weighted by Crippen LogP contribution is 2.22. The standard InChI is InChI=1S/C15H18ClNO3/c1-10-11(6-4-8-20-10)15(19)17-9-14(18)12-5-2-3-7-13(12)16/h2-3,5,7,14,18H,4,6,8-9H2,1H3,(H,17,19). The normalized spacial score (nSPS) is 16.6. The topological polar surface area (TPSA) is 58.6 Å². The highest BCUT2D eigenvalue weighted by Gasteiger charge is 2.19. The molecule has 2 N–H and O–H groups in total. The lowest BCUT2D eigenvalue weighted by atomic mass is 10.1. The van der Waals surface area contributed by atoms with E-state index in [-0.39, 0.29) is 12.5 Å². The van der Waals surface area contributed by atoms with Crippen molar-refractivity contribution in [2.45, 2.75) is 25.9 Å². The van der Waals surface area contributed by atoms with E-state index in [0.29, 0.717) is 34.9 Å². The Morgan fingerprint density at radius 2 is 2.25 bits per heavy atom. The number of carbonyl (C=O) groups is 1. The van der Waals surface area contributed by atoms with Crippen LogP contribution in [0.25, 0.3) is 0 Å². The summed E-state index contributed by atoms with van der Waals surface area (Å²) in [4.78, 5) is 12.0. The van der Waals surface area contributed by atoms with Gasteiger partial charge in [0, 0.05) is 17.1 Å². The van der Waals surface area contributed by atoms with Gasteiger partial charge in [0.2, 0.25) is 0 Å². The molecule has 0 bridgehead atoms. The van der Waals surface area contributed by atoms with Gasteiger partial charge in [0.15, 0.2) is 0 Å². The summed E-state index contributed by atoms with van der Waals surface area (Å²) >= 11 is 6.00. The number of benzene rings is 1. The quantitative estimate of drug-likeness (QED) is 0.897. The smallest absolute Gasteiger partial charge is 0.250 e. The van der Waals surface area contributed by atoms with Gasteiger partial charge in [-0.3, -0.25) is 4.79 Å². The molecular weight excluding hydrogens is 278 g/mol. The molecule has 0 saturated heterocycles. The number of aliphatic hydroxyl groups excluding tert-OH is 1. The van der Waals surface area contributed by atoms with Crippen LogP contribution in [-0.4, -0.2) is 24.2 Å². The van der Waals surface area contributed by atoms with E-state index in [1.807, 2.05) is 0 Å². The third-order valence-electron chi connectivity index (χ3n) is 3.31. The molecule has 0 aliphatic carbocycles. The summed E-state index contributed by atoms with van der Waals surface area (Å²) in [6.45, 7) is 2.57. The van der Waals surface area contributed by atoms with Gasteiger partial charge >= 0.3 is 0 Å². The van der Waals surface area contributed by atoms with Gasteiger partial charge in [0.25, 0.3) is 5.91 Å². The molecule has 1 heterocycles. The fourth-order valence-corrected chi connectivity index (χ4v) is 2.42. The van der Waals surface area contributed by atoms with Gasteiger partial charge < -0.3 is 15.2 Å². The van der Waals surface area contributed by atoms with Crippen LogP contribution < -0.4 is 5.32 Å². The highest BCUT2D eigenvalue weighted by atomic mass is 35.5. The Bertz CT molecular complexity index is 528. The predicted octanol–water partition coefficient (Wildman–Crippen LogP) is 2.57. The third-order valence-corrected chi connectivity index (χ3v) is 3.65. The molecule has 5 heteroatoms. The molecule has 2 rings (SSSR count). The van der Waals surface area contributed by atoms with E-state index in [0.717, 1.165) is 6.42 Å². The van der Waals surface area contributed by atoms with E-state index in [9.17, 15) is 9.90 Å². The Morgan fingerprint density at radius 1 is 1.50 bits per heavy atom. The van der Waals surface area contributed by atoms with Crippen LogP contribution in [0.3, 0.4) is 0 Å². The molecule has 20 heavy (non-hydrogen) atoms. The summed E-state index contributed by atoms with van der Waals surface area (Å²) in [7, 11) is 0. The minimum atomic E-state index is -0.821. The minimum absolute atomic E-state index is 0.124. The number of halogens is 1. The van der Waals surface area contributed by atoms with Crippen LogP contribution in [0.15, 0.2) is 35.6 Å². The van der Waals surface area contributed by atoms with Crippen molar-refractivity contribution in [2.24, 2.45) is 0 Å². The highest BCUT2D eigenvalue weighted by molar-refractivity contribution is 6.31. The molecule has 0 aromatic heterocycles. The maximum absolute atomic E-state index is 12.0.